The van der Waals surface area contributed by atoms with E-state index < -0.39 is 0 Å². The molecule has 3 nitrogen and oxygen atoms in total. The van der Waals surface area contributed by atoms with Gasteiger partial charge in [-0.05, 0) is 24.1 Å². The van der Waals surface area contributed by atoms with Crippen LogP contribution in [-0.4, -0.2) is 13.7 Å². The molecule has 0 aliphatic heterocycles. The average molecular weight is 180 g/mol. The Hall–Kier alpha value is -1.06. The summed E-state index contributed by atoms with van der Waals surface area (Å²) < 4.78 is 5.18. The number of benzene rings is 1. The van der Waals surface area contributed by atoms with Gasteiger partial charge in [0.15, 0.2) is 0 Å². The quantitative estimate of drug-likeness (QED) is 0.728. The van der Waals surface area contributed by atoms with Crippen molar-refractivity contribution in [2.45, 2.75) is 13.0 Å². The van der Waals surface area contributed by atoms with Crippen molar-refractivity contribution >= 4 is 0 Å². The highest BCUT2D eigenvalue weighted by Gasteiger charge is 2.05. The van der Waals surface area contributed by atoms with Crippen LogP contribution < -0.4 is 16.2 Å². The predicted molar refractivity (Wildman–Crippen MR) is 53.7 cm³/mol. The first-order chi connectivity index (χ1) is 6.19. The van der Waals surface area contributed by atoms with E-state index in [1.54, 1.807) is 7.11 Å². The Morgan fingerprint density at radius 3 is 2.69 bits per heavy atom. The van der Waals surface area contributed by atoms with Crippen molar-refractivity contribution in [3.05, 3.63) is 29.3 Å². The predicted octanol–water partition coefficient (Wildman–Crippen LogP) is 0.962. The van der Waals surface area contributed by atoms with Crippen LogP contribution in [0.5, 0.6) is 5.75 Å². The molecular formula is C10H16N2O. The minimum Gasteiger partial charge on any atom is -0.496 e. The molecule has 0 heterocycles. The van der Waals surface area contributed by atoms with Crippen LogP contribution in [0, 0.1) is 6.92 Å². The van der Waals surface area contributed by atoms with Crippen LogP contribution >= 0.6 is 0 Å². The van der Waals surface area contributed by atoms with Crippen LogP contribution in [0.15, 0.2) is 18.2 Å². The van der Waals surface area contributed by atoms with Crippen LogP contribution in [0.25, 0.3) is 0 Å². The van der Waals surface area contributed by atoms with Gasteiger partial charge in [-0.15, -0.1) is 0 Å². The molecule has 0 aliphatic rings. The molecule has 1 aromatic carbocycles. The molecule has 0 saturated heterocycles. The van der Waals surface area contributed by atoms with Gasteiger partial charge in [0.25, 0.3) is 0 Å². The highest BCUT2D eigenvalue weighted by molar-refractivity contribution is 5.37. The van der Waals surface area contributed by atoms with E-state index in [9.17, 15) is 0 Å². The normalized spacial score (nSPS) is 12.6. The molecule has 0 spiro atoms. The van der Waals surface area contributed by atoms with E-state index >= 15 is 0 Å². The molecule has 0 amide bonds. The van der Waals surface area contributed by atoms with Crippen LogP contribution in [-0.2, 0) is 0 Å². The van der Waals surface area contributed by atoms with Crippen molar-refractivity contribution in [2.24, 2.45) is 11.5 Å². The summed E-state index contributed by atoms with van der Waals surface area (Å²) in [5.41, 5.74) is 13.4. The second-order valence-corrected chi connectivity index (χ2v) is 3.07. The lowest BCUT2D eigenvalue weighted by molar-refractivity contribution is 0.410. The van der Waals surface area contributed by atoms with E-state index in [1.807, 2.05) is 25.1 Å². The maximum Gasteiger partial charge on any atom is 0.122 e. The summed E-state index contributed by atoms with van der Waals surface area (Å²) in [5.74, 6) is 0.862. The Labute approximate surface area is 78.7 Å². The summed E-state index contributed by atoms with van der Waals surface area (Å²) >= 11 is 0. The zero-order chi connectivity index (χ0) is 9.84. The summed E-state index contributed by atoms with van der Waals surface area (Å²) in [5, 5.41) is 0. The van der Waals surface area contributed by atoms with Gasteiger partial charge < -0.3 is 16.2 Å². The molecule has 0 fully saturated rings. The van der Waals surface area contributed by atoms with Crippen LogP contribution in [0.1, 0.15) is 17.2 Å². The van der Waals surface area contributed by atoms with E-state index in [-0.39, 0.29) is 6.04 Å². The molecule has 0 bridgehead atoms. The minimum absolute atomic E-state index is 0.102. The molecule has 72 valence electrons. The van der Waals surface area contributed by atoms with Crippen LogP contribution in [0.2, 0.25) is 0 Å². The first-order valence-electron chi connectivity index (χ1n) is 4.29. The monoisotopic (exact) mass is 180 g/mol. The highest BCUT2D eigenvalue weighted by atomic mass is 16.5. The Kier molecular flexibility index (Phi) is 3.28. The summed E-state index contributed by atoms with van der Waals surface area (Å²) in [7, 11) is 1.65. The molecule has 1 rings (SSSR count). The lowest BCUT2D eigenvalue weighted by Crippen LogP contribution is -2.20. The molecule has 0 aromatic heterocycles. The van der Waals surface area contributed by atoms with Gasteiger partial charge in [0.1, 0.15) is 5.75 Å². The Morgan fingerprint density at radius 1 is 1.46 bits per heavy atom. The standard InChI is InChI=1S/C10H16N2O/c1-7-3-4-8(9(12)6-11)5-10(7)13-2/h3-5,9H,6,11-12H2,1-2H3. The van der Waals surface area contributed by atoms with Crippen molar-refractivity contribution < 1.29 is 4.74 Å². The van der Waals surface area contributed by atoms with Gasteiger partial charge >= 0.3 is 0 Å². The van der Waals surface area contributed by atoms with Gasteiger partial charge in [0, 0.05) is 12.6 Å². The minimum atomic E-state index is -0.102. The van der Waals surface area contributed by atoms with Gasteiger partial charge in [0.2, 0.25) is 0 Å². The number of ether oxygens (including phenoxy) is 1. The van der Waals surface area contributed by atoms with E-state index in [0.29, 0.717) is 6.54 Å². The summed E-state index contributed by atoms with van der Waals surface area (Å²) in [6, 6.07) is 5.81. The molecular weight excluding hydrogens is 164 g/mol. The van der Waals surface area contributed by atoms with E-state index in [4.69, 9.17) is 16.2 Å². The molecule has 4 N–H and O–H groups in total. The number of aryl methyl sites for hydroxylation is 1. The van der Waals surface area contributed by atoms with Gasteiger partial charge in [-0.2, -0.15) is 0 Å². The van der Waals surface area contributed by atoms with Gasteiger partial charge in [-0.1, -0.05) is 12.1 Å². The topological polar surface area (TPSA) is 61.3 Å². The molecule has 1 aromatic rings. The van der Waals surface area contributed by atoms with E-state index in [0.717, 1.165) is 16.9 Å². The Morgan fingerprint density at radius 2 is 2.15 bits per heavy atom. The maximum absolute atomic E-state index is 5.79. The van der Waals surface area contributed by atoms with Crippen molar-refractivity contribution in [2.75, 3.05) is 13.7 Å². The molecule has 1 atom stereocenters. The fourth-order valence-electron chi connectivity index (χ4n) is 1.20. The summed E-state index contributed by atoms with van der Waals surface area (Å²) in [6.07, 6.45) is 0. The smallest absolute Gasteiger partial charge is 0.122 e. The molecule has 1 unspecified atom stereocenters. The highest BCUT2D eigenvalue weighted by Crippen LogP contribution is 2.21. The third-order valence-electron chi connectivity index (χ3n) is 2.11. The largest absolute Gasteiger partial charge is 0.496 e. The van der Waals surface area contributed by atoms with Crippen molar-refractivity contribution in [1.29, 1.82) is 0 Å². The Bertz CT molecular complexity index is 286. The fourth-order valence-corrected chi connectivity index (χ4v) is 1.20. The number of rotatable bonds is 3. The molecule has 0 aliphatic carbocycles. The molecule has 13 heavy (non-hydrogen) atoms. The second kappa shape index (κ2) is 4.25. The van der Waals surface area contributed by atoms with Crippen LogP contribution in [0.3, 0.4) is 0 Å². The van der Waals surface area contributed by atoms with E-state index in [1.165, 1.54) is 0 Å². The summed E-state index contributed by atoms with van der Waals surface area (Å²) in [6.45, 7) is 2.45. The Balaban J connectivity index is 2.99. The lowest BCUT2D eigenvalue weighted by Gasteiger charge is -2.11. The third kappa shape index (κ3) is 2.20. The number of hydrogen-bond acceptors (Lipinski definition) is 3. The summed E-state index contributed by atoms with van der Waals surface area (Å²) in [4.78, 5) is 0. The fraction of sp³-hybridized carbons (Fsp3) is 0.400. The SMILES string of the molecule is COc1cc(C(N)CN)ccc1C. The first kappa shape index (κ1) is 10.0. The van der Waals surface area contributed by atoms with Gasteiger partial charge in [-0.3, -0.25) is 0 Å². The maximum atomic E-state index is 5.79. The van der Waals surface area contributed by atoms with Crippen molar-refractivity contribution in [3.63, 3.8) is 0 Å². The third-order valence-corrected chi connectivity index (χ3v) is 2.11. The van der Waals surface area contributed by atoms with Crippen molar-refractivity contribution in [1.82, 2.24) is 0 Å². The zero-order valence-electron chi connectivity index (χ0n) is 8.08. The zero-order valence-corrected chi connectivity index (χ0v) is 8.08. The second-order valence-electron chi connectivity index (χ2n) is 3.07. The molecule has 0 radical (unpaired) electrons. The molecule has 3 heteroatoms. The average Bonchev–Trinajstić information content (AvgIpc) is 2.17. The lowest BCUT2D eigenvalue weighted by atomic mass is 10.1. The van der Waals surface area contributed by atoms with E-state index in [2.05, 4.69) is 0 Å². The number of hydrogen-bond donors (Lipinski definition) is 2. The van der Waals surface area contributed by atoms with Crippen molar-refractivity contribution in [3.8, 4) is 5.75 Å². The number of nitrogens with two attached hydrogens (primary N) is 2. The number of methoxy groups -OCH3 is 1. The van der Waals surface area contributed by atoms with Gasteiger partial charge in [0.05, 0.1) is 7.11 Å². The first-order valence-corrected chi connectivity index (χ1v) is 4.29. The molecule has 0 saturated carbocycles. The van der Waals surface area contributed by atoms with Gasteiger partial charge in [-0.25, -0.2) is 0 Å². The van der Waals surface area contributed by atoms with Crippen LogP contribution in [0.4, 0.5) is 0 Å².